The predicted molar refractivity (Wildman–Crippen MR) is 50.9 cm³/mol. The van der Waals surface area contributed by atoms with Gasteiger partial charge in [-0.3, -0.25) is 4.79 Å². The number of ether oxygens (including phenoxy) is 1. The maximum atomic E-state index is 10.6. The summed E-state index contributed by atoms with van der Waals surface area (Å²) in [5, 5.41) is 3.53. The molecule has 0 bridgehead atoms. The van der Waals surface area contributed by atoms with Crippen LogP contribution >= 0.6 is 12.2 Å². The molecule has 0 spiro atoms. The van der Waals surface area contributed by atoms with Gasteiger partial charge in [0.05, 0.1) is 13.5 Å². The summed E-state index contributed by atoms with van der Waals surface area (Å²) in [6.45, 7) is 0.518. The molecular weight excluding hydrogens is 176 g/mol. The lowest BCUT2D eigenvalue weighted by Gasteiger charge is -2.14. The molecule has 0 aliphatic carbocycles. The summed E-state index contributed by atoms with van der Waals surface area (Å²) in [7, 11) is 5.05. The van der Waals surface area contributed by atoms with Crippen LogP contribution in [0.5, 0.6) is 0 Å². The zero-order valence-electron chi connectivity index (χ0n) is 7.59. The second-order valence-electron chi connectivity index (χ2n) is 2.45. The molecule has 0 saturated carbocycles. The molecule has 0 rings (SSSR count). The largest absolute Gasteiger partial charge is 0.469 e. The molecule has 0 aromatic carbocycles. The molecule has 0 aromatic rings. The Morgan fingerprint density at radius 1 is 1.58 bits per heavy atom. The van der Waals surface area contributed by atoms with Crippen molar-refractivity contribution in [3.05, 3.63) is 0 Å². The van der Waals surface area contributed by atoms with E-state index in [1.165, 1.54) is 7.11 Å². The van der Waals surface area contributed by atoms with Gasteiger partial charge in [-0.05, 0) is 12.2 Å². The van der Waals surface area contributed by atoms with Crippen LogP contribution in [0.4, 0.5) is 0 Å². The highest BCUT2D eigenvalue weighted by Gasteiger charge is 2.01. The zero-order valence-corrected chi connectivity index (χ0v) is 8.40. The van der Waals surface area contributed by atoms with E-state index < -0.39 is 0 Å². The summed E-state index contributed by atoms with van der Waals surface area (Å²) in [4.78, 5) is 12.4. The van der Waals surface area contributed by atoms with Crippen LogP contribution in [0, 0.1) is 0 Å². The molecule has 5 heteroatoms. The first-order valence-corrected chi connectivity index (χ1v) is 4.00. The van der Waals surface area contributed by atoms with Gasteiger partial charge in [-0.2, -0.15) is 0 Å². The first-order chi connectivity index (χ1) is 5.57. The molecule has 0 amide bonds. The lowest BCUT2D eigenvalue weighted by Crippen LogP contribution is -2.35. The Balaban J connectivity index is 3.44. The molecule has 0 saturated heterocycles. The van der Waals surface area contributed by atoms with Crippen LogP contribution in [-0.4, -0.2) is 43.7 Å². The van der Waals surface area contributed by atoms with E-state index in [2.05, 4.69) is 10.1 Å². The summed E-state index contributed by atoms with van der Waals surface area (Å²) in [5.74, 6) is -0.232. The van der Waals surface area contributed by atoms with Crippen molar-refractivity contribution in [2.75, 3.05) is 27.7 Å². The molecule has 0 atom stereocenters. The smallest absolute Gasteiger partial charge is 0.307 e. The third-order valence-corrected chi connectivity index (χ3v) is 1.75. The summed E-state index contributed by atoms with van der Waals surface area (Å²) >= 11 is 4.93. The van der Waals surface area contributed by atoms with Gasteiger partial charge in [-0.15, -0.1) is 0 Å². The fourth-order valence-electron chi connectivity index (χ4n) is 0.532. The topological polar surface area (TPSA) is 41.6 Å². The SMILES string of the molecule is COC(=O)CCNC(=S)N(C)C. The zero-order chi connectivity index (χ0) is 9.56. The fraction of sp³-hybridized carbons (Fsp3) is 0.714. The van der Waals surface area contributed by atoms with Crippen LogP contribution in [-0.2, 0) is 9.53 Å². The van der Waals surface area contributed by atoms with Crippen LogP contribution in [0.1, 0.15) is 6.42 Å². The Bertz CT molecular complexity index is 171. The van der Waals surface area contributed by atoms with Gasteiger partial charge in [0.25, 0.3) is 0 Å². The number of thiocarbonyl (C=S) groups is 1. The molecule has 0 aromatic heterocycles. The lowest BCUT2D eigenvalue weighted by atomic mass is 10.4. The quantitative estimate of drug-likeness (QED) is 0.500. The van der Waals surface area contributed by atoms with Crippen LogP contribution in [0.3, 0.4) is 0 Å². The average Bonchev–Trinajstić information content (AvgIpc) is 2.03. The van der Waals surface area contributed by atoms with E-state index in [0.717, 1.165) is 0 Å². The number of hydrogen-bond acceptors (Lipinski definition) is 3. The number of hydrogen-bond donors (Lipinski definition) is 1. The Hall–Kier alpha value is -0.840. The van der Waals surface area contributed by atoms with Crippen molar-refractivity contribution >= 4 is 23.3 Å². The Labute approximate surface area is 77.9 Å². The number of esters is 1. The van der Waals surface area contributed by atoms with Crippen molar-refractivity contribution < 1.29 is 9.53 Å². The van der Waals surface area contributed by atoms with Gasteiger partial charge in [-0.25, -0.2) is 0 Å². The predicted octanol–water partition coefficient (Wildman–Crippen LogP) is -0.0144. The number of carbonyl (C=O) groups excluding carboxylic acids is 1. The van der Waals surface area contributed by atoms with Gasteiger partial charge in [0.2, 0.25) is 0 Å². The molecular formula is C7H14N2O2S. The Kier molecular flexibility index (Phi) is 5.36. The second-order valence-corrected chi connectivity index (χ2v) is 2.84. The first kappa shape index (κ1) is 11.2. The van der Waals surface area contributed by atoms with E-state index >= 15 is 0 Å². The van der Waals surface area contributed by atoms with Crippen molar-refractivity contribution in [3.63, 3.8) is 0 Å². The summed E-state index contributed by atoms with van der Waals surface area (Å²) in [5.41, 5.74) is 0. The van der Waals surface area contributed by atoms with Gasteiger partial charge < -0.3 is 15.0 Å². The maximum absolute atomic E-state index is 10.6. The number of carbonyl (C=O) groups is 1. The van der Waals surface area contributed by atoms with Gasteiger partial charge >= 0.3 is 5.97 Å². The van der Waals surface area contributed by atoms with E-state index in [-0.39, 0.29) is 5.97 Å². The molecule has 0 radical (unpaired) electrons. The minimum atomic E-state index is -0.232. The van der Waals surface area contributed by atoms with Crippen LogP contribution in [0.25, 0.3) is 0 Å². The summed E-state index contributed by atoms with van der Waals surface area (Å²) in [6, 6.07) is 0. The lowest BCUT2D eigenvalue weighted by molar-refractivity contribution is -0.140. The van der Waals surface area contributed by atoms with Gasteiger partial charge in [0, 0.05) is 20.6 Å². The van der Waals surface area contributed by atoms with Crippen molar-refractivity contribution in [2.24, 2.45) is 0 Å². The van der Waals surface area contributed by atoms with Gasteiger partial charge in [0.1, 0.15) is 0 Å². The van der Waals surface area contributed by atoms with Gasteiger partial charge in [-0.1, -0.05) is 0 Å². The average molecular weight is 190 g/mol. The number of rotatable bonds is 3. The van der Waals surface area contributed by atoms with E-state index in [1.54, 1.807) is 4.90 Å². The molecule has 12 heavy (non-hydrogen) atoms. The fourth-order valence-corrected chi connectivity index (χ4v) is 0.634. The Morgan fingerprint density at radius 2 is 2.17 bits per heavy atom. The first-order valence-electron chi connectivity index (χ1n) is 3.60. The van der Waals surface area contributed by atoms with E-state index in [1.807, 2.05) is 14.1 Å². The molecule has 0 heterocycles. The molecule has 0 aliphatic heterocycles. The normalized spacial score (nSPS) is 8.92. The maximum Gasteiger partial charge on any atom is 0.307 e. The Morgan fingerprint density at radius 3 is 2.58 bits per heavy atom. The van der Waals surface area contributed by atoms with Crippen molar-refractivity contribution in [2.45, 2.75) is 6.42 Å². The van der Waals surface area contributed by atoms with Gasteiger partial charge in [0.15, 0.2) is 5.11 Å². The standard InChI is InChI=1S/C7H14N2O2S/c1-9(2)7(12)8-5-4-6(10)11-3/h4-5H2,1-3H3,(H,8,12). The van der Waals surface area contributed by atoms with E-state index in [4.69, 9.17) is 12.2 Å². The van der Waals surface area contributed by atoms with Crippen LogP contribution < -0.4 is 5.32 Å². The summed E-state index contributed by atoms with van der Waals surface area (Å²) in [6.07, 6.45) is 0.338. The van der Waals surface area contributed by atoms with Crippen molar-refractivity contribution in [1.29, 1.82) is 0 Å². The third kappa shape index (κ3) is 4.90. The molecule has 70 valence electrons. The minimum absolute atomic E-state index is 0.232. The monoisotopic (exact) mass is 190 g/mol. The molecule has 4 nitrogen and oxygen atoms in total. The molecule has 1 N–H and O–H groups in total. The molecule has 0 unspecified atom stereocenters. The molecule has 0 fully saturated rings. The van der Waals surface area contributed by atoms with Crippen LogP contribution in [0.15, 0.2) is 0 Å². The minimum Gasteiger partial charge on any atom is -0.469 e. The summed E-state index contributed by atoms with van der Waals surface area (Å²) < 4.78 is 4.46. The number of nitrogens with zero attached hydrogens (tertiary/aromatic N) is 1. The van der Waals surface area contributed by atoms with Crippen molar-refractivity contribution in [3.8, 4) is 0 Å². The van der Waals surface area contributed by atoms with E-state index in [9.17, 15) is 4.79 Å². The number of nitrogens with one attached hydrogen (secondary N) is 1. The van der Waals surface area contributed by atoms with Crippen molar-refractivity contribution in [1.82, 2.24) is 10.2 Å². The third-order valence-electron chi connectivity index (χ3n) is 1.24. The van der Waals surface area contributed by atoms with E-state index in [0.29, 0.717) is 18.1 Å². The highest BCUT2D eigenvalue weighted by atomic mass is 32.1. The highest BCUT2D eigenvalue weighted by molar-refractivity contribution is 7.80. The second kappa shape index (κ2) is 5.77. The van der Waals surface area contributed by atoms with Crippen LogP contribution in [0.2, 0.25) is 0 Å². The number of methoxy groups -OCH3 is 1. The highest BCUT2D eigenvalue weighted by Crippen LogP contribution is 1.83. The molecule has 0 aliphatic rings.